The monoisotopic (exact) mass is 677 g/mol. The molecule has 6 rings (SSSR count). The van der Waals surface area contributed by atoms with Gasteiger partial charge in [0.15, 0.2) is 0 Å². The first-order valence-electron chi connectivity index (χ1n) is 14.2. The Morgan fingerprint density at radius 2 is 1.81 bits per heavy atom. The van der Waals surface area contributed by atoms with Gasteiger partial charge in [-0.2, -0.15) is 0 Å². The number of fused-ring (bicyclic) bond motifs is 1. The van der Waals surface area contributed by atoms with E-state index >= 15 is 0 Å². The van der Waals surface area contributed by atoms with Crippen molar-refractivity contribution in [2.45, 2.75) is 31.2 Å². The maximum absolute atomic E-state index is 14.5. The molecular formula is C33H32BrN3O4S2. The number of piperazine rings is 1. The lowest BCUT2D eigenvalue weighted by Crippen LogP contribution is -2.54. The Hall–Kier alpha value is -3.60. The van der Waals surface area contributed by atoms with Gasteiger partial charge in [-0.3, -0.25) is 9.10 Å². The smallest absolute Gasteiger partial charge is 0.265 e. The highest BCUT2D eigenvalue weighted by atomic mass is 79.9. The van der Waals surface area contributed by atoms with Crippen LogP contribution in [0.15, 0.2) is 104 Å². The molecule has 0 N–H and O–H groups in total. The molecular weight excluding hydrogens is 646 g/mol. The molecule has 0 saturated carbocycles. The van der Waals surface area contributed by atoms with E-state index in [2.05, 4.69) is 27.8 Å². The number of aryl methyl sites for hydroxylation is 1. The summed E-state index contributed by atoms with van der Waals surface area (Å²) in [7, 11) is -3.95. The topological polar surface area (TPSA) is 74.1 Å². The van der Waals surface area contributed by atoms with Gasteiger partial charge in [-0.15, -0.1) is 11.3 Å². The second-order valence-electron chi connectivity index (χ2n) is 10.8. The van der Waals surface area contributed by atoms with E-state index in [1.807, 2.05) is 77.9 Å². The summed E-state index contributed by atoms with van der Waals surface area (Å²) in [4.78, 5) is 18.3. The molecule has 1 atom stereocenters. The van der Waals surface area contributed by atoms with E-state index in [9.17, 15) is 13.2 Å². The zero-order valence-corrected chi connectivity index (χ0v) is 27.2. The predicted molar refractivity (Wildman–Crippen MR) is 177 cm³/mol. The minimum absolute atomic E-state index is 0.0126. The highest BCUT2D eigenvalue weighted by Gasteiger charge is 2.33. The maximum atomic E-state index is 14.5. The van der Waals surface area contributed by atoms with Crippen molar-refractivity contribution in [3.63, 3.8) is 0 Å². The molecule has 1 fully saturated rings. The summed E-state index contributed by atoms with van der Waals surface area (Å²) in [6, 6.07) is 24.5. The molecule has 5 aromatic rings. The molecule has 1 aliphatic heterocycles. The average molecular weight is 679 g/mol. The van der Waals surface area contributed by atoms with Crippen LogP contribution < -0.4 is 9.21 Å². The maximum Gasteiger partial charge on any atom is 0.265 e. The summed E-state index contributed by atoms with van der Waals surface area (Å²) >= 11 is 4.92. The van der Waals surface area contributed by atoms with Gasteiger partial charge in [0.25, 0.3) is 15.9 Å². The van der Waals surface area contributed by atoms with Crippen molar-refractivity contribution >= 4 is 65.5 Å². The minimum atomic E-state index is -3.95. The van der Waals surface area contributed by atoms with Crippen LogP contribution in [0.5, 0.6) is 0 Å². The van der Waals surface area contributed by atoms with Crippen molar-refractivity contribution in [1.29, 1.82) is 0 Å². The van der Waals surface area contributed by atoms with Crippen molar-refractivity contribution in [2.24, 2.45) is 0 Å². The first-order chi connectivity index (χ1) is 20.7. The van der Waals surface area contributed by atoms with Crippen molar-refractivity contribution in [3.05, 3.63) is 111 Å². The molecule has 0 unspecified atom stereocenters. The van der Waals surface area contributed by atoms with Crippen molar-refractivity contribution in [2.75, 3.05) is 35.4 Å². The Morgan fingerprint density at radius 1 is 1.05 bits per heavy atom. The number of halogens is 1. The Bertz CT molecular complexity index is 1870. The number of sulfonamides is 1. The Labute approximate surface area is 264 Å². The number of hydrogen-bond acceptors (Lipinski definition) is 6. The van der Waals surface area contributed by atoms with Crippen LogP contribution in [0.4, 0.5) is 11.4 Å². The van der Waals surface area contributed by atoms with Crippen LogP contribution in [0.2, 0.25) is 0 Å². The third kappa shape index (κ3) is 5.83. The molecule has 0 bridgehead atoms. The number of hydrogen-bond donors (Lipinski definition) is 0. The van der Waals surface area contributed by atoms with Gasteiger partial charge in [-0.05, 0) is 89.1 Å². The van der Waals surface area contributed by atoms with E-state index in [1.54, 1.807) is 28.8 Å². The first-order valence-corrected chi connectivity index (χ1v) is 17.3. The van der Waals surface area contributed by atoms with E-state index < -0.39 is 10.0 Å². The fourth-order valence-corrected chi connectivity index (χ4v) is 8.69. The average Bonchev–Trinajstić information content (AvgIpc) is 3.62. The normalized spacial score (nSPS) is 15.7. The number of benzene rings is 3. The molecule has 222 valence electrons. The van der Waals surface area contributed by atoms with Crippen molar-refractivity contribution in [1.82, 2.24) is 4.90 Å². The first kappa shape index (κ1) is 29.5. The molecule has 2 aromatic heterocycles. The van der Waals surface area contributed by atoms with Crippen molar-refractivity contribution < 1.29 is 17.6 Å². The number of furan rings is 1. The van der Waals surface area contributed by atoms with Crippen LogP contribution in [-0.2, 0) is 16.4 Å². The summed E-state index contributed by atoms with van der Waals surface area (Å²) < 4.78 is 36.9. The number of carbonyl (C=O) groups excluding carboxylic acids is 1. The number of carbonyl (C=O) groups is 1. The van der Waals surface area contributed by atoms with E-state index in [0.717, 1.165) is 26.7 Å². The summed E-state index contributed by atoms with van der Waals surface area (Å²) in [5.74, 6) is 0.0126. The summed E-state index contributed by atoms with van der Waals surface area (Å²) in [6.45, 7) is 5.91. The Kier molecular flexibility index (Phi) is 8.35. The molecule has 0 aliphatic carbocycles. The fourth-order valence-electron chi connectivity index (χ4n) is 5.68. The highest BCUT2D eigenvalue weighted by Crippen LogP contribution is 2.37. The van der Waals surface area contributed by atoms with Gasteiger partial charge in [0, 0.05) is 42.1 Å². The summed E-state index contributed by atoms with van der Waals surface area (Å²) in [5.41, 5.74) is 4.05. The van der Waals surface area contributed by atoms with Gasteiger partial charge >= 0.3 is 0 Å². The molecule has 3 heterocycles. The van der Waals surface area contributed by atoms with Gasteiger partial charge < -0.3 is 14.2 Å². The Balaban J connectivity index is 1.35. The van der Waals surface area contributed by atoms with Crippen LogP contribution in [0.1, 0.15) is 27.7 Å². The molecule has 0 radical (unpaired) electrons. The van der Waals surface area contributed by atoms with Crippen LogP contribution >= 0.6 is 27.3 Å². The van der Waals surface area contributed by atoms with Crippen molar-refractivity contribution in [3.8, 4) is 0 Å². The van der Waals surface area contributed by atoms with E-state index in [1.165, 1.54) is 11.3 Å². The standard InChI is InChI=1S/C33H32BrN3O4S2/c1-23-22-41-31-13-12-26(20-27(23)31)43(39,40)37(16-14-25-8-4-3-5-9-25)30-11-7-6-10-29(30)36-18-17-35(21-24(36)2)33(38)32-28(34)15-19-42-32/h3-13,15,19-20,22,24H,14,16-18,21H2,1-2H3/t24-/m1/s1. The van der Waals surface area contributed by atoms with Gasteiger partial charge in [-0.1, -0.05) is 42.5 Å². The number of rotatable bonds is 8. The zero-order valence-electron chi connectivity index (χ0n) is 23.9. The van der Waals surface area contributed by atoms with Gasteiger partial charge in [0.05, 0.1) is 22.5 Å². The molecule has 43 heavy (non-hydrogen) atoms. The SMILES string of the molecule is Cc1coc2ccc(S(=O)(=O)N(CCc3ccccc3)c3ccccc3N3CCN(C(=O)c4sccc4Br)C[C@H]3C)cc12. The molecule has 1 aliphatic rings. The number of nitrogens with zero attached hydrogens (tertiary/aromatic N) is 3. The third-order valence-corrected chi connectivity index (χ3v) is 11.6. The van der Waals surface area contributed by atoms with E-state index in [-0.39, 0.29) is 23.4 Å². The largest absolute Gasteiger partial charge is 0.464 e. The molecule has 10 heteroatoms. The summed E-state index contributed by atoms with van der Waals surface area (Å²) in [5, 5.41) is 2.69. The number of amides is 1. The van der Waals surface area contributed by atoms with Crippen LogP contribution in [0, 0.1) is 6.92 Å². The minimum Gasteiger partial charge on any atom is -0.464 e. The highest BCUT2D eigenvalue weighted by molar-refractivity contribution is 9.10. The van der Waals surface area contributed by atoms with E-state index in [4.69, 9.17) is 4.42 Å². The summed E-state index contributed by atoms with van der Waals surface area (Å²) in [6.07, 6.45) is 2.20. The van der Waals surface area contributed by atoms with Crippen LogP contribution in [0.25, 0.3) is 11.0 Å². The lowest BCUT2D eigenvalue weighted by Gasteiger charge is -2.42. The molecule has 7 nitrogen and oxygen atoms in total. The second kappa shape index (κ2) is 12.2. The van der Waals surface area contributed by atoms with Crippen LogP contribution in [-0.4, -0.2) is 51.4 Å². The van der Waals surface area contributed by atoms with Gasteiger partial charge in [-0.25, -0.2) is 8.42 Å². The second-order valence-corrected chi connectivity index (χ2v) is 14.4. The molecule has 1 amide bonds. The lowest BCUT2D eigenvalue weighted by atomic mass is 10.1. The number of thiophene rings is 1. The zero-order chi connectivity index (χ0) is 30.1. The number of anilines is 2. The fraction of sp³-hybridized carbons (Fsp3) is 0.242. The predicted octanol–water partition coefficient (Wildman–Crippen LogP) is 7.35. The van der Waals surface area contributed by atoms with Gasteiger partial charge in [0.1, 0.15) is 10.5 Å². The molecule has 0 spiro atoms. The lowest BCUT2D eigenvalue weighted by molar-refractivity contribution is 0.0730. The van der Waals surface area contributed by atoms with Gasteiger partial charge in [0.2, 0.25) is 0 Å². The third-order valence-electron chi connectivity index (χ3n) is 7.96. The van der Waals surface area contributed by atoms with E-state index in [0.29, 0.717) is 42.2 Å². The quantitative estimate of drug-likeness (QED) is 0.172. The molecule has 3 aromatic carbocycles. The number of para-hydroxylation sites is 2. The Morgan fingerprint density at radius 3 is 2.56 bits per heavy atom. The van der Waals surface area contributed by atoms with Crippen LogP contribution in [0.3, 0.4) is 0 Å². The molecule has 1 saturated heterocycles.